The Bertz CT molecular complexity index is 470. The molecule has 2 nitrogen and oxygen atoms in total. The van der Waals surface area contributed by atoms with E-state index in [1.165, 1.54) is 34.3 Å². The van der Waals surface area contributed by atoms with E-state index in [2.05, 4.69) is 60.4 Å². The molecule has 3 heteroatoms. The molecule has 0 amide bonds. The molecule has 0 atom stereocenters. The number of piperidine rings is 1. The van der Waals surface area contributed by atoms with Crippen LogP contribution in [-0.2, 0) is 6.42 Å². The van der Waals surface area contributed by atoms with Gasteiger partial charge in [-0.15, -0.1) is 0 Å². The molecule has 2 heterocycles. The third kappa shape index (κ3) is 2.96. The van der Waals surface area contributed by atoms with Gasteiger partial charge in [-0.05, 0) is 60.0 Å². The number of hydrogen-bond donors (Lipinski definition) is 0. The number of rotatable bonds is 2. The number of nitrogens with zero attached hydrogens (tertiary/aromatic N) is 2. The van der Waals surface area contributed by atoms with E-state index in [1.807, 2.05) is 0 Å². The Morgan fingerprint density at radius 2 is 1.74 bits per heavy atom. The van der Waals surface area contributed by atoms with Gasteiger partial charge in [0, 0.05) is 18.8 Å². The first-order chi connectivity index (χ1) is 8.85. The van der Waals surface area contributed by atoms with Crippen molar-refractivity contribution in [3.05, 3.63) is 21.4 Å². The van der Waals surface area contributed by atoms with E-state index in [4.69, 9.17) is 0 Å². The third-order valence-corrected chi connectivity index (χ3v) is 5.32. The molecule has 1 aromatic heterocycles. The Hall–Kier alpha value is -0.570. The van der Waals surface area contributed by atoms with Crippen LogP contribution >= 0.6 is 15.9 Å². The highest BCUT2D eigenvalue weighted by atomic mass is 79.9. The Kier molecular flexibility index (Phi) is 4.24. The highest BCUT2D eigenvalue weighted by Gasteiger charge is 2.28. The maximum Gasteiger partial charge on any atom is 0.0624 e. The van der Waals surface area contributed by atoms with Gasteiger partial charge in [0.1, 0.15) is 0 Å². The van der Waals surface area contributed by atoms with Crippen LogP contribution in [0.2, 0.25) is 0 Å². The monoisotopic (exact) mass is 324 g/mol. The van der Waals surface area contributed by atoms with Crippen molar-refractivity contribution >= 4 is 21.6 Å². The fraction of sp³-hybridized carbons (Fsp3) is 0.688. The van der Waals surface area contributed by atoms with Crippen LogP contribution in [0.1, 0.15) is 50.6 Å². The lowest BCUT2D eigenvalue weighted by atomic mass is 9.82. The van der Waals surface area contributed by atoms with Crippen molar-refractivity contribution in [1.29, 1.82) is 0 Å². The summed E-state index contributed by atoms with van der Waals surface area (Å²) in [6.45, 7) is 13.5. The SMILES string of the molecule is CCc1c(C)nc(C)c(Br)c1N1CCC(C)(C)CC1. The summed E-state index contributed by atoms with van der Waals surface area (Å²) in [5, 5.41) is 0. The van der Waals surface area contributed by atoms with Crippen molar-refractivity contribution in [3.63, 3.8) is 0 Å². The zero-order valence-electron chi connectivity index (χ0n) is 12.8. The van der Waals surface area contributed by atoms with Gasteiger partial charge in [-0.2, -0.15) is 0 Å². The van der Waals surface area contributed by atoms with Crippen molar-refractivity contribution < 1.29 is 0 Å². The molecular formula is C16H25BrN2. The van der Waals surface area contributed by atoms with Gasteiger partial charge < -0.3 is 4.90 Å². The molecule has 1 aliphatic heterocycles. The van der Waals surface area contributed by atoms with Crippen molar-refractivity contribution in [2.75, 3.05) is 18.0 Å². The van der Waals surface area contributed by atoms with E-state index in [9.17, 15) is 0 Å². The summed E-state index contributed by atoms with van der Waals surface area (Å²) in [6.07, 6.45) is 3.58. The minimum Gasteiger partial charge on any atom is -0.370 e. The molecule has 1 saturated heterocycles. The predicted molar refractivity (Wildman–Crippen MR) is 86.0 cm³/mol. The van der Waals surface area contributed by atoms with E-state index in [0.717, 1.165) is 25.2 Å². The van der Waals surface area contributed by atoms with Gasteiger partial charge in [-0.3, -0.25) is 4.98 Å². The number of halogens is 1. The maximum atomic E-state index is 4.65. The van der Waals surface area contributed by atoms with Crippen molar-refractivity contribution in [3.8, 4) is 0 Å². The zero-order chi connectivity index (χ0) is 14.2. The first kappa shape index (κ1) is 14.8. The largest absolute Gasteiger partial charge is 0.370 e. The van der Waals surface area contributed by atoms with Gasteiger partial charge in [0.05, 0.1) is 15.9 Å². The minimum atomic E-state index is 0.493. The third-order valence-electron chi connectivity index (χ3n) is 4.37. The molecular weight excluding hydrogens is 300 g/mol. The van der Waals surface area contributed by atoms with Crippen LogP contribution < -0.4 is 4.90 Å². The topological polar surface area (TPSA) is 16.1 Å². The second-order valence-corrected chi connectivity index (χ2v) is 7.22. The molecule has 0 N–H and O–H groups in total. The Morgan fingerprint density at radius 3 is 2.26 bits per heavy atom. The average Bonchev–Trinajstić information content (AvgIpc) is 2.34. The van der Waals surface area contributed by atoms with E-state index < -0.39 is 0 Å². The van der Waals surface area contributed by atoms with Crippen molar-refractivity contribution in [2.24, 2.45) is 5.41 Å². The molecule has 1 fully saturated rings. The molecule has 0 unspecified atom stereocenters. The van der Waals surface area contributed by atoms with Crippen LogP contribution in [0.3, 0.4) is 0 Å². The van der Waals surface area contributed by atoms with Gasteiger partial charge in [-0.25, -0.2) is 0 Å². The number of hydrogen-bond acceptors (Lipinski definition) is 2. The van der Waals surface area contributed by atoms with E-state index in [-0.39, 0.29) is 0 Å². The summed E-state index contributed by atoms with van der Waals surface area (Å²) in [4.78, 5) is 7.21. The highest BCUT2D eigenvalue weighted by molar-refractivity contribution is 9.10. The molecule has 0 bridgehead atoms. The summed E-state index contributed by atoms with van der Waals surface area (Å²) in [5.41, 5.74) is 5.57. The summed E-state index contributed by atoms with van der Waals surface area (Å²) < 4.78 is 1.19. The lowest BCUT2D eigenvalue weighted by molar-refractivity contribution is 0.279. The Balaban J connectivity index is 2.39. The normalized spacial score (nSPS) is 18.7. The van der Waals surface area contributed by atoms with Crippen LogP contribution in [0.5, 0.6) is 0 Å². The van der Waals surface area contributed by atoms with E-state index in [1.54, 1.807) is 0 Å². The zero-order valence-corrected chi connectivity index (χ0v) is 14.4. The predicted octanol–water partition coefficient (Wildman–Crippen LogP) is 4.65. The number of anilines is 1. The molecule has 19 heavy (non-hydrogen) atoms. The highest BCUT2D eigenvalue weighted by Crippen LogP contribution is 2.39. The molecule has 1 aliphatic rings. The summed E-state index contributed by atoms with van der Waals surface area (Å²) in [7, 11) is 0. The van der Waals surface area contributed by atoms with E-state index >= 15 is 0 Å². The molecule has 2 rings (SSSR count). The van der Waals surface area contributed by atoms with Crippen molar-refractivity contribution in [2.45, 2.75) is 53.9 Å². The molecule has 0 aromatic carbocycles. The molecule has 0 radical (unpaired) electrons. The lowest BCUT2D eigenvalue weighted by Gasteiger charge is -2.39. The fourth-order valence-electron chi connectivity index (χ4n) is 2.93. The summed E-state index contributed by atoms with van der Waals surface area (Å²) in [6, 6.07) is 0. The number of pyridine rings is 1. The minimum absolute atomic E-state index is 0.493. The Labute approximate surface area is 125 Å². The smallest absolute Gasteiger partial charge is 0.0624 e. The first-order valence-corrected chi connectivity index (χ1v) is 8.05. The molecule has 0 aliphatic carbocycles. The molecule has 0 spiro atoms. The van der Waals surface area contributed by atoms with Gasteiger partial charge >= 0.3 is 0 Å². The fourth-order valence-corrected chi connectivity index (χ4v) is 3.51. The number of aryl methyl sites for hydroxylation is 2. The quantitative estimate of drug-likeness (QED) is 0.787. The first-order valence-electron chi connectivity index (χ1n) is 7.26. The van der Waals surface area contributed by atoms with Gasteiger partial charge in [0.15, 0.2) is 0 Å². The molecule has 1 aromatic rings. The van der Waals surface area contributed by atoms with Crippen molar-refractivity contribution in [1.82, 2.24) is 4.98 Å². The molecule has 106 valence electrons. The van der Waals surface area contributed by atoms with Crippen LogP contribution in [0.15, 0.2) is 4.47 Å². The van der Waals surface area contributed by atoms with Gasteiger partial charge in [0.25, 0.3) is 0 Å². The Morgan fingerprint density at radius 1 is 1.16 bits per heavy atom. The second kappa shape index (κ2) is 5.43. The average molecular weight is 325 g/mol. The summed E-state index contributed by atoms with van der Waals surface area (Å²) in [5.74, 6) is 0. The van der Waals surface area contributed by atoms with Crippen LogP contribution in [0.25, 0.3) is 0 Å². The lowest BCUT2D eigenvalue weighted by Crippen LogP contribution is -2.38. The summed E-state index contributed by atoms with van der Waals surface area (Å²) >= 11 is 3.77. The van der Waals surface area contributed by atoms with Crippen LogP contribution in [0, 0.1) is 19.3 Å². The number of aromatic nitrogens is 1. The van der Waals surface area contributed by atoms with E-state index in [0.29, 0.717) is 5.41 Å². The molecule has 0 saturated carbocycles. The maximum absolute atomic E-state index is 4.65. The van der Waals surface area contributed by atoms with Gasteiger partial charge in [0.2, 0.25) is 0 Å². The standard InChI is InChI=1S/C16H25BrN2/c1-6-13-11(2)18-12(3)14(17)15(13)19-9-7-16(4,5)8-10-19/h6-10H2,1-5H3. The van der Waals surface area contributed by atoms with Gasteiger partial charge in [-0.1, -0.05) is 20.8 Å². The second-order valence-electron chi connectivity index (χ2n) is 6.43. The van der Waals surface area contributed by atoms with Crippen LogP contribution in [0.4, 0.5) is 5.69 Å². The van der Waals surface area contributed by atoms with Crippen LogP contribution in [-0.4, -0.2) is 18.1 Å².